The Labute approximate surface area is 175 Å². The number of ketones is 1. The standard InChI is InChI=1S/C22H27NO5S/c1-6-27-20(25)17(23-21(26)28-22(3,4)5)13-15-7-9-16(10-8-15)19-12-11-18(29-19)14(2)24/h7-12,17H,6,13H2,1-5H3,(H,23,26). The van der Waals surface area contributed by atoms with Crippen LogP contribution in [-0.4, -0.2) is 36.1 Å². The Balaban J connectivity index is 2.12. The van der Waals surface area contributed by atoms with Gasteiger partial charge in [-0.25, -0.2) is 9.59 Å². The number of thiophene rings is 1. The molecule has 1 amide bonds. The van der Waals surface area contributed by atoms with Gasteiger partial charge in [0.25, 0.3) is 0 Å². The smallest absolute Gasteiger partial charge is 0.408 e. The summed E-state index contributed by atoms with van der Waals surface area (Å²) >= 11 is 1.44. The first-order valence-electron chi connectivity index (χ1n) is 9.45. The summed E-state index contributed by atoms with van der Waals surface area (Å²) in [6.45, 7) is 8.76. The van der Waals surface area contributed by atoms with E-state index in [4.69, 9.17) is 9.47 Å². The summed E-state index contributed by atoms with van der Waals surface area (Å²) in [6, 6.07) is 10.5. The first kappa shape index (κ1) is 22.6. The molecule has 29 heavy (non-hydrogen) atoms. The lowest BCUT2D eigenvalue weighted by Crippen LogP contribution is -2.45. The summed E-state index contributed by atoms with van der Waals surface area (Å²) in [5.74, 6) is -0.463. The minimum absolute atomic E-state index is 0.0448. The first-order valence-corrected chi connectivity index (χ1v) is 10.3. The van der Waals surface area contributed by atoms with Crippen LogP contribution < -0.4 is 5.32 Å². The number of Topliss-reactive ketones (excluding diaryl/α,β-unsaturated/α-hetero) is 1. The summed E-state index contributed by atoms with van der Waals surface area (Å²) in [5.41, 5.74) is 1.19. The molecule has 156 valence electrons. The second-order valence-corrected chi connectivity index (χ2v) is 8.66. The fourth-order valence-electron chi connectivity index (χ4n) is 2.61. The fraction of sp³-hybridized carbons (Fsp3) is 0.409. The van der Waals surface area contributed by atoms with Gasteiger partial charge in [0.1, 0.15) is 11.6 Å². The van der Waals surface area contributed by atoms with Crippen molar-refractivity contribution in [2.24, 2.45) is 0 Å². The monoisotopic (exact) mass is 417 g/mol. The maximum Gasteiger partial charge on any atom is 0.408 e. The van der Waals surface area contributed by atoms with Crippen LogP contribution in [0.2, 0.25) is 0 Å². The number of carbonyl (C=O) groups is 3. The van der Waals surface area contributed by atoms with Gasteiger partial charge in [-0.3, -0.25) is 4.79 Å². The Morgan fingerprint density at radius 1 is 1.07 bits per heavy atom. The molecule has 2 rings (SSSR count). The van der Waals surface area contributed by atoms with Crippen molar-refractivity contribution in [2.75, 3.05) is 6.61 Å². The Kier molecular flexibility index (Phi) is 7.56. The molecule has 7 heteroatoms. The Bertz CT molecular complexity index is 864. The van der Waals surface area contributed by atoms with Crippen LogP contribution in [-0.2, 0) is 20.7 Å². The molecule has 0 spiro atoms. The van der Waals surface area contributed by atoms with Crippen molar-refractivity contribution in [1.82, 2.24) is 5.32 Å². The lowest BCUT2D eigenvalue weighted by atomic mass is 10.0. The van der Waals surface area contributed by atoms with Crippen molar-refractivity contribution in [3.8, 4) is 10.4 Å². The maximum absolute atomic E-state index is 12.3. The van der Waals surface area contributed by atoms with Crippen molar-refractivity contribution < 1.29 is 23.9 Å². The van der Waals surface area contributed by atoms with E-state index in [1.54, 1.807) is 34.6 Å². The molecular formula is C22H27NO5S. The molecular weight excluding hydrogens is 390 g/mol. The van der Waals surface area contributed by atoms with Crippen LogP contribution in [0.3, 0.4) is 0 Å². The third-order valence-electron chi connectivity index (χ3n) is 3.89. The van der Waals surface area contributed by atoms with E-state index in [0.717, 1.165) is 16.0 Å². The van der Waals surface area contributed by atoms with E-state index in [2.05, 4.69) is 5.32 Å². The van der Waals surface area contributed by atoms with Crippen LogP contribution in [0.15, 0.2) is 36.4 Å². The average molecular weight is 418 g/mol. The van der Waals surface area contributed by atoms with Gasteiger partial charge >= 0.3 is 12.1 Å². The summed E-state index contributed by atoms with van der Waals surface area (Å²) in [4.78, 5) is 37.6. The van der Waals surface area contributed by atoms with Gasteiger partial charge in [0.2, 0.25) is 0 Å². The largest absolute Gasteiger partial charge is 0.464 e. The van der Waals surface area contributed by atoms with Gasteiger partial charge in [0.05, 0.1) is 11.5 Å². The zero-order valence-electron chi connectivity index (χ0n) is 17.4. The highest BCUT2D eigenvalue weighted by Gasteiger charge is 2.25. The highest BCUT2D eigenvalue weighted by molar-refractivity contribution is 7.17. The number of hydrogen-bond donors (Lipinski definition) is 1. The number of ether oxygens (including phenoxy) is 2. The molecule has 2 aromatic rings. The Morgan fingerprint density at radius 3 is 2.24 bits per heavy atom. The number of rotatable bonds is 7. The summed E-state index contributed by atoms with van der Waals surface area (Å²) in [7, 11) is 0. The third kappa shape index (κ3) is 7.02. The van der Waals surface area contributed by atoms with E-state index in [1.807, 2.05) is 36.4 Å². The van der Waals surface area contributed by atoms with Crippen LogP contribution in [0.1, 0.15) is 49.9 Å². The van der Waals surface area contributed by atoms with Crippen molar-refractivity contribution in [3.05, 3.63) is 46.8 Å². The second-order valence-electron chi connectivity index (χ2n) is 7.57. The average Bonchev–Trinajstić information content (AvgIpc) is 3.11. The van der Waals surface area contributed by atoms with Gasteiger partial charge < -0.3 is 14.8 Å². The zero-order chi connectivity index (χ0) is 21.6. The van der Waals surface area contributed by atoms with Crippen molar-refractivity contribution in [1.29, 1.82) is 0 Å². The van der Waals surface area contributed by atoms with Gasteiger partial charge in [0, 0.05) is 11.3 Å². The Hall–Kier alpha value is -2.67. The van der Waals surface area contributed by atoms with E-state index in [-0.39, 0.29) is 18.8 Å². The van der Waals surface area contributed by atoms with Gasteiger partial charge in [-0.15, -0.1) is 11.3 Å². The Morgan fingerprint density at radius 2 is 1.72 bits per heavy atom. The summed E-state index contributed by atoms with van der Waals surface area (Å²) < 4.78 is 10.3. The predicted octanol–water partition coefficient (Wildman–Crippen LogP) is 4.62. The zero-order valence-corrected chi connectivity index (χ0v) is 18.2. The number of carbonyl (C=O) groups excluding carboxylic acids is 3. The molecule has 0 fully saturated rings. The normalized spacial score (nSPS) is 12.2. The van der Waals surface area contributed by atoms with E-state index in [0.29, 0.717) is 4.88 Å². The minimum atomic E-state index is -0.846. The van der Waals surface area contributed by atoms with E-state index in [9.17, 15) is 14.4 Å². The quantitative estimate of drug-likeness (QED) is 0.525. The lowest BCUT2D eigenvalue weighted by Gasteiger charge is -2.23. The maximum atomic E-state index is 12.3. The number of benzene rings is 1. The highest BCUT2D eigenvalue weighted by Crippen LogP contribution is 2.28. The molecule has 1 heterocycles. The molecule has 1 aromatic carbocycles. The fourth-order valence-corrected chi connectivity index (χ4v) is 3.52. The van der Waals surface area contributed by atoms with Crippen molar-refractivity contribution >= 4 is 29.2 Å². The van der Waals surface area contributed by atoms with Gasteiger partial charge in [0.15, 0.2) is 5.78 Å². The molecule has 0 aliphatic rings. The van der Waals surface area contributed by atoms with E-state index >= 15 is 0 Å². The number of nitrogens with one attached hydrogen (secondary N) is 1. The molecule has 1 unspecified atom stereocenters. The van der Waals surface area contributed by atoms with E-state index in [1.165, 1.54) is 11.3 Å². The molecule has 0 radical (unpaired) electrons. The predicted molar refractivity (Wildman–Crippen MR) is 113 cm³/mol. The number of esters is 1. The van der Waals surface area contributed by atoms with E-state index < -0.39 is 23.7 Å². The molecule has 0 aliphatic heterocycles. The minimum Gasteiger partial charge on any atom is -0.464 e. The van der Waals surface area contributed by atoms with Crippen LogP contribution in [0.4, 0.5) is 4.79 Å². The number of amides is 1. The molecule has 0 bridgehead atoms. The van der Waals surface area contributed by atoms with Crippen molar-refractivity contribution in [2.45, 2.75) is 52.7 Å². The van der Waals surface area contributed by atoms with Gasteiger partial charge in [-0.2, -0.15) is 0 Å². The molecule has 0 saturated heterocycles. The molecule has 6 nitrogen and oxygen atoms in total. The van der Waals surface area contributed by atoms with Crippen LogP contribution in [0, 0.1) is 0 Å². The third-order valence-corrected chi connectivity index (χ3v) is 5.13. The summed E-state index contributed by atoms with van der Waals surface area (Å²) in [6.07, 6.45) is -0.385. The molecule has 1 N–H and O–H groups in total. The highest BCUT2D eigenvalue weighted by atomic mass is 32.1. The van der Waals surface area contributed by atoms with Crippen LogP contribution >= 0.6 is 11.3 Å². The number of alkyl carbamates (subject to hydrolysis) is 1. The van der Waals surface area contributed by atoms with Gasteiger partial charge in [-0.1, -0.05) is 24.3 Å². The van der Waals surface area contributed by atoms with Crippen LogP contribution in [0.25, 0.3) is 10.4 Å². The molecule has 1 aromatic heterocycles. The second kappa shape index (κ2) is 9.69. The molecule has 0 aliphatic carbocycles. The first-order chi connectivity index (χ1) is 13.6. The molecule has 1 atom stereocenters. The lowest BCUT2D eigenvalue weighted by molar-refractivity contribution is -0.145. The van der Waals surface area contributed by atoms with Crippen LogP contribution in [0.5, 0.6) is 0 Å². The SMILES string of the molecule is CCOC(=O)C(Cc1ccc(-c2ccc(C(C)=O)s2)cc1)NC(=O)OC(C)(C)C. The molecule has 0 saturated carbocycles. The van der Waals surface area contributed by atoms with Gasteiger partial charge in [-0.05, 0) is 57.9 Å². The topological polar surface area (TPSA) is 81.7 Å². The number of hydrogen-bond acceptors (Lipinski definition) is 6. The van der Waals surface area contributed by atoms with Crippen molar-refractivity contribution in [3.63, 3.8) is 0 Å². The summed E-state index contributed by atoms with van der Waals surface area (Å²) in [5, 5.41) is 2.60.